The number of hydrogen-bond acceptors (Lipinski definition) is 4. The molecule has 2 amide bonds. The van der Waals surface area contributed by atoms with Gasteiger partial charge in [0.05, 0.1) is 7.11 Å². The molecule has 0 aromatic heterocycles. The van der Waals surface area contributed by atoms with Crippen molar-refractivity contribution in [1.29, 1.82) is 0 Å². The van der Waals surface area contributed by atoms with Crippen molar-refractivity contribution in [3.05, 3.63) is 59.7 Å². The van der Waals surface area contributed by atoms with Crippen LogP contribution in [0.1, 0.15) is 43.6 Å². The van der Waals surface area contributed by atoms with Crippen molar-refractivity contribution in [2.24, 2.45) is 0 Å². The molecule has 0 saturated carbocycles. The first-order chi connectivity index (χ1) is 13.2. The number of carbonyl (C=O) groups excluding carboxylic acids is 2. The summed E-state index contributed by atoms with van der Waals surface area (Å²) in [7, 11) is 1.62. The predicted octanol–water partition coefficient (Wildman–Crippen LogP) is 4.70. The van der Waals surface area contributed by atoms with E-state index in [4.69, 9.17) is 9.47 Å². The Kier molecular flexibility index (Phi) is 7.04. The normalized spacial score (nSPS) is 10.9. The van der Waals surface area contributed by atoms with E-state index in [0.29, 0.717) is 24.3 Å². The summed E-state index contributed by atoms with van der Waals surface area (Å²) in [5, 5.41) is 2.66. The third-order valence-electron chi connectivity index (χ3n) is 3.98. The Morgan fingerprint density at radius 1 is 1.00 bits per heavy atom. The van der Waals surface area contributed by atoms with Crippen LogP contribution >= 0.6 is 0 Å². The standard InChI is InChI=1S/C22H28N2O4/c1-6-24(15-16-7-13-19(27-5)14-8-16)20(25)17-9-11-18(12-10-17)23-21(26)28-22(2,3)4/h7-14H,6,15H2,1-5H3,(H,23,26). The molecule has 150 valence electrons. The minimum atomic E-state index is -0.566. The minimum absolute atomic E-state index is 0.0675. The zero-order valence-electron chi connectivity index (χ0n) is 17.1. The first kappa shape index (κ1) is 21.3. The lowest BCUT2D eigenvalue weighted by atomic mass is 10.1. The average Bonchev–Trinajstić information content (AvgIpc) is 2.65. The summed E-state index contributed by atoms with van der Waals surface area (Å²) in [5.74, 6) is 0.716. The molecule has 2 aromatic carbocycles. The summed E-state index contributed by atoms with van der Waals surface area (Å²) in [6.07, 6.45) is -0.527. The third kappa shape index (κ3) is 6.30. The fourth-order valence-electron chi connectivity index (χ4n) is 2.58. The zero-order valence-corrected chi connectivity index (χ0v) is 17.1. The van der Waals surface area contributed by atoms with Crippen molar-refractivity contribution in [3.8, 4) is 5.75 Å². The van der Waals surface area contributed by atoms with E-state index >= 15 is 0 Å². The molecule has 0 saturated heterocycles. The molecule has 0 radical (unpaired) electrons. The van der Waals surface area contributed by atoms with Crippen LogP contribution in [0.5, 0.6) is 5.75 Å². The maximum atomic E-state index is 12.8. The lowest BCUT2D eigenvalue weighted by molar-refractivity contribution is 0.0635. The van der Waals surface area contributed by atoms with Gasteiger partial charge in [-0.15, -0.1) is 0 Å². The molecule has 2 rings (SSSR count). The first-order valence-corrected chi connectivity index (χ1v) is 9.24. The third-order valence-corrected chi connectivity index (χ3v) is 3.98. The van der Waals surface area contributed by atoms with Crippen molar-refractivity contribution >= 4 is 17.7 Å². The Hall–Kier alpha value is -3.02. The van der Waals surface area contributed by atoms with E-state index < -0.39 is 11.7 Å². The quantitative estimate of drug-likeness (QED) is 0.783. The molecule has 0 aliphatic rings. The second-order valence-electron chi connectivity index (χ2n) is 7.37. The molecule has 0 fully saturated rings. The monoisotopic (exact) mass is 384 g/mol. The number of nitrogens with zero attached hydrogens (tertiary/aromatic N) is 1. The summed E-state index contributed by atoms with van der Waals surface area (Å²) in [6.45, 7) is 8.45. The molecule has 6 heteroatoms. The van der Waals surface area contributed by atoms with Crippen molar-refractivity contribution in [3.63, 3.8) is 0 Å². The Morgan fingerprint density at radius 3 is 2.11 bits per heavy atom. The van der Waals surface area contributed by atoms with Crippen LogP contribution in [-0.2, 0) is 11.3 Å². The van der Waals surface area contributed by atoms with Crippen molar-refractivity contribution < 1.29 is 19.1 Å². The number of rotatable bonds is 6. The number of nitrogens with one attached hydrogen (secondary N) is 1. The molecule has 0 unspecified atom stereocenters. The van der Waals surface area contributed by atoms with Gasteiger partial charge in [-0.05, 0) is 69.7 Å². The highest BCUT2D eigenvalue weighted by Crippen LogP contribution is 2.17. The molecular formula is C22H28N2O4. The molecular weight excluding hydrogens is 356 g/mol. The van der Waals surface area contributed by atoms with Crippen molar-refractivity contribution in [1.82, 2.24) is 4.90 Å². The van der Waals surface area contributed by atoms with Gasteiger partial charge < -0.3 is 14.4 Å². The lowest BCUT2D eigenvalue weighted by Gasteiger charge is -2.22. The highest BCUT2D eigenvalue weighted by molar-refractivity contribution is 5.95. The Morgan fingerprint density at radius 2 is 1.61 bits per heavy atom. The van der Waals surface area contributed by atoms with Crippen molar-refractivity contribution in [2.45, 2.75) is 39.8 Å². The first-order valence-electron chi connectivity index (χ1n) is 9.24. The van der Waals surface area contributed by atoms with Gasteiger partial charge in [0.25, 0.3) is 5.91 Å². The number of amides is 2. The number of carbonyl (C=O) groups is 2. The van der Waals surface area contributed by atoms with Gasteiger partial charge in [-0.25, -0.2) is 4.79 Å². The van der Waals surface area contributed by atoms with E-state index in [1.807, 2.05) is 31.2 Å². The average molecular weight is 384 g/mol. The van der Waals surface area contributed by atoms with Crippen LogP contribution in [0, 0.1) is 0 Å². The molecule has 0 aliphatic carbocycles. The molecule has 2 aromatic rings. The van der Waals surface area contributed by atoms with Crippen molar-refractivity contribution in [2.75, 3.05) is 19.0 Å². The van der Waals surface area contributed by atoms with E-state index in [1.54, 1.807) is 57.0 Å². The summed E-state index contributed by atoms with van der Waals surface area (Å²) < 4.78 is 10.4. The van der Waals surface area contributed by atoms with Gasteiger partial charge >= 0.3 is 6.09 Å². The molecule has 28 heavy (non-hydrogen) atoms. The summed E-state index contributed by atoms with van der Waals surface area (Å²) in [6, 6.07) is 14.4. The largest absolute Gasteiger partial charge is 0.497 e. The van der Waals surface area contributed by atoms with E-state index in [0.717, 1.165) is 11.3 Å². The van der Waals surface area contributed by atoms with Gasteiger partial charge in [0.15, 0.2) is 0 Å². The van der Waals surface area contributed by atoms with Crippen LogP contribution in [0.2, 0.25) is 0 Å². The topological polar surface area (TPSA) is 67.9 Å². The Bertz CT molecular complexity index is 793. The summed E-state index contributed by atoms with van der Waals surface area (Å²) >= 11 is 0. The number of ether oxygens (including phenoxy) is 2. The Balaban J connectivity index is 2.02. The minimum Gasteiger partial charge on any atom is -0.497 e. The zero-order chi connectivity index (χ0) is 20.7. The molecule has 1 N–H and O–H groups in total. The van der Waals surface area contributed by atoms with E-state index in [1.165, 1.54) is 0 Å². The number of methoxy groups -OCH3 is 1. The fourth-order valence-corrected chi connectivity index (χ4v) is 2.58. The lowest BCUT2D eigenvalue weighted by Crippen LogP contribution is -2.30. The van der Waals surface area contributed by atoms with Crippen LogP contribution in [0.15, 0.2) is 48.5 Å². The Labute approximate surface area is 166 Å². The van der Waals surface area contributed by atoms with Crippen LogP contribution in [0.4, 0.5) is 10.5 Å². The van der Waals surface area contributed by atoms with Gasteiger partial charge in [0.2, 0.25) is 0 Å². The smallest absolute Gasteiger partial charge is 0.412 e. The van der Waals surface area contributed by atoms with Gasteiger partial charge in [-0.1, -0.05) is 12.1 Å². The van der Waals surface area contributed by atoms with Crippen LogP contribution < -0.4 is 10.1 Å². The van der Waals surface area contributed by atoms with Gasteiger partial charge in [-0.2, -0.15) is 0 Å². The predicted molar refractivity (Wildman–Crippen MR) is 110 cm³/mol. The fraction of sp³-hybridized carbons (Fsp3) is 0.364. The van der Waals surface area contributed by atoms with Gasteiger partial charge in [-0.3, -0.25) is 10.1 Å². The maximum absolute atomic E-state index is 12.8. The molecule has 0 spiro atoms. The molecule has 0 aliphatic heterocycles. The van der Waals surface area contributed by atoms with Gasteiger partial charge in [0.1, 0.15) is 11.4 Å². The summed E-state index contributed by atoms with van der Waals surface area (Å²) in [5.41, 5.74) is 1.59. The highest BCUT2D eigenvalue weighted by atomic mass is 16.6. The number of hydrogen-bond donors (Lipinski definition) is 1. The molecule has 6 nitrogen and oxygen atoms in total. The summed E-state index contributed by atoms with van der Waals surface area (Å²) in [4.78, 5) is 26.4. The number of benzene rings is 2. The SMILES string of the molecule is CCN(Cc1ccc(OC)cc1)C(=O)c1ccc(NC(=O)OC(C)(C)C)cc1. The van der Waals surface area contributed by atoms with Crippen LogP contribution in [0.3, 0.4) is 0 Å². The van der Waals surface area contributed by atoms with E-state index in [-0.39, 0.29) is 5.91 Å². The van der Waals surface area contributed by atoms with E-state index in [2.05, 4.69) is 5.32 Å². The molecule has 0 heterocycles. The van der Waals surface area contributed by atoms with Gasteiger partial charge in [0, 0.05) is 24.3 Å². The number of anilines is 1. The molecule has 0 atom stereocenters. The maximum Gasteiger partial charge on any atom is 0.412 e. The van der Waals surface area contributed by atoms with Crippen LogP contribution in [-0.4, -0.2) is 36.2 Å². The molecule has 0 bridgehead atoms. The van der Waals surface area contributed by atoms with E-state index in [9.17, 15) is 9.59 Å². The van der Waals surface area contributed by atoms with Crippen LogP contribution in [0.25, 0.3) is 0 Å². The highest BCUT2D eigenvalue weighted by Gasteiger charge is 2.17. The second-order valence-corrected chi connectivity index (χ2v) is 7.37. The second kappa shape index (κ2) is 9.26.